The summed E-state index contributed by atoms with van der Waals surface area (Å²) in [7, 11) is 0. The fourth-order valence-electron chi connectivity index (χ4n) is 2.05. The Kier molecular flexibility index (Phi) is 5.08. The van der Waals surface area contributed by atoms with Crippen LogP contribution in [0.2, 0.25) is 5.02 Å². The van der Waals surface area contributed by atoms with Gasteiger partial charge in [-0.1, -0.05) is 37.6 Å². The lowest BCUT2D eigenvalue weighted by atomic mass is 10.0. The first kappa shape index (κ1) is 14.6. The molecule has 0 aliphatic heterocycles. The lowest BCUT2D eigenvalue weighted by molar-refractivity contribution is 0.426. The summed E-state index contributed by atoms with van der Waals surface area (Å²) in [4.78, 5) is 0. The molecule has 0 amide bonds. The highest BCUT2D eigenvalue weighted by Crippen LogP contribution is 2.34. The molecular formula is C15H17BrClNO. The second-order valence-corrected chi connectivity index (χ2v) is 5.52. The van der Waals surface area contributed by atoms with Crippen LogP contribution >= 0.6 is 27.5 Å². The van der Waals surface area contributed by atoms with Crippen LogP contribution in [0, 0.1) is 0 Å². The van der Waals surface area contributed by atoms with Crippen molar-refractivity contribution in [3.63, 3.8) is 0 Å². The highest BCUT2D eigenvalue weighted by molar-refractivity contribution is 9.10. The summed E-state index contributed by atoms with van der Waals surface area (Å²) >= 11 is 9.85. The summed E-state index contributed by atoms with van der Waals surface area (Å²) < 4.78 is 6.76. The van der Waals surface area contributed by atoms with Gasteiger partial charge in [0, 0.05) is 10.9 Å². The lowest BCUT2D eigenvalue weighted by Gasteiger charge is -2.18. The monoisotopic (exact) mass is 341 g/mol. The van der Waals surface area contributed by atoms with E-state index in [9.17, 15) is 0 Å². The Morgan fingerprint density at radius 1 is 1.26 bits per heavy atom. The number of nitrogens with one attached hydrogen (secondary N) is 1. The molecule has 0 fully saturated rings. The van der Waals surface area contributed by atoms with Gasteiger partial charge in [0.2, 0.25) is 0 Å². The number of aryl methyl sites for hydroxylation is 1. The molecule has 1 heterocycles. The topological polar surface area (TPSA) is 25.2 Å². The molecule has 0 radical (unpaired) electrons. The summed E-state index contributed by atoms with van der Waals surface area (Å²) in [6, 6.07) is 9.97. The van der Waals surface area contributed by atoms with Crippen LogP contribution in [0.3, 0.4) is 0 Å². The summed E-state index contributed by atoms with van der Waals surface area (Å²) in [5, 5.41) is 4.15. The molecule has 102 valence electrons. The fourth-order valence-corrected chi connectivity index (χ4v) is 2.67. The van der Waals surface area contributed by atoms with Crippen LogP contribution in [0.1, 0.15) is 37.0 Å². The number of hydrogen-bond acceptors (Lipinski definition) is 2. The number of halogens is 2. The van der Waals surface area contributed by atoms with Crippen LogP contribution in [0.4, 0.5) is 0 Å². The van der Waals surface area contributed by atoms with Gasteiger partial charge < -0.3 is 9.73 Å². The van der Waals surface area contributed by atoms with Gasteiger partial charge in [0.25, 0.3) is 0 Å². The maximum absolute atomic E-state index is 6.39. The minimum absolute atomic E-state index is 0.0182. The molecule has 2 nitrogen and oxygen atoms in total. The number of furan rings is 1. The Balaban J connectivity index is 2.42. The first-order chi connectivity index (χ1) is 9.17. The van der Waals surface area contributed by atoms with Crippen molar-refractivity contribution in [1.82, 2.24) is 5.32 Å². The van der Waals surface area contributed by atoms with E-state index in [1.165, 1.54) is 0 Å². The quantitative estimate of drug-likeness (QED) is 0.831. The van der Waals surface area contributed by atoms with Crippen LogP contribution in [0.15, 0.2) is 39.2 Å². The first-order valence-corrected chi connectivity index (χ1v) is 7.60. The molecule has 0 saturated heterocycles. The van der Waals surface area contributed by atoms with Crippen LogP contribution in [0.25, 0.3) is 0 Å². The van der Waals surface area contributed by atoms with E-state index in [4.69, 9.17) is 16.0 Å². The van der Waals surface area contributed by atoms with E-state index >= 15 is 0 Å². The summed E-state index contributed by atoms with van der Waals surface area (Å²) in [6.45, 7) is 5.00. The van der Waals surface area contributed by atoms with E-state index in [0.717, 1.165) is 39.5 Å². The molecule has 4 heteroatoms. The SMILES string of the molecule is CCNC(c1ccc(CC)o1)c1cccc(Br)c1Cl. The van der Waals surface area contributed by atoms with Crippen LogP contribution < -0.4 is 5.32 Å². The van der Waals surface area contributed by atoms with Crippen molar-refractivity contribution in [1.29, 1.82) is 0 Å². The van der Waals surface area contributed by atoms with Crippen molar-refractivity contribution in [2.45, 2.75) is 26.3 Å². The Bertz CT molecular complexity index is 553. The zero-order chi connectivity index (χ0) is 13.8. The van der Waals surface area contributed by atoms with E-state index < -0.39 is 0 Å². The molecule has 1 N–H and O–H groups in total. The maximum Gasteiger partial charge on any atom is 0.125 e. The Labute approximate surface area is 127 Å². The van der Waals surface area contributed by atoms with Crippen LogP contribution in [0.5, 0.6) is 0 Å². The number of rotatable bonds is 5. The van der Waals surface area contributed by atoms with Gasteiger partial charge in [0.15, 0.2) is 0 Å². The van der Waals surface area contributed by atoms with Crippen molar-refractivity contribution in [3.8, 4) is 0 Å². The molecule has 0 spiro atoms. The molecule has 1 unspecified atom stereocenters. The van der Waals surface area contributed by atoms with Crippen molar-refractivity contribution < 1.29 is 4.42 Å². The molecule has 2 rings (SSSR count). The van der Waals surface area contributed by atoms with Crippen molar-refractivity contribution >= 4 is 27.5 Å². The highest BCUT2D eigenvalue weighted by atomic mass is 79.9. The van der Waals surface area contributed by atoms with Gasteiger partial charge in [-0.3, -0.25) is 0 Å². The normalized spacial score (nSPS) is 12.6. The predicted molar refractivity (Wildman–Crippen MR) is 82.8 cm³/mol. The Morgan fingerprint density at radius 3 is 2.68 bits per heavy atom. The zero-order valence-corrected chi connectivity index (χ0v) is 13.4. The fraction of sp³-hybridized carbons (Fsp3) is 0.333. The molecule has 1 aromatic carbocycles. The zero-order valence-electron chi connectivity index (χ0n) is 11.0. The summed E-state index contributed by atoms with van der Waals surface area (Å²) in [5.41, 5.74) is 1.02. The molecule has 0 saturated carbocycles. The molecule has 0 bridgehead atoms. The van der Waals surface area contributed by atoms with E-state index in [2.05, 4.69) is 35.1 Å². The molecule has 1 aromatic heterocycles. The first-order valence-electron chi connectivity index (χ1n) is 6.43. The maximum atomic E-state index is 6.39. The third-order valence-electron chi connectivity index (χ3n) is 3.02. The average molecular weight is 343 g/mol. The minimum Gasteiger partial charge on any atom is -0.464 e. The highest BCUT2D eigenvalue weighted by Gasteiger charge is 2.20. The number of hydrogen-bond donors (Lipinski definition) is 1. The van der Waals surface area contributed by atoms with E-state index in [1.54, 1.807) is 0 Å². The van der Waals surface area contributed by atoms with Crippen molar-refractivity contribution in [2.75, 3.05) is 6.54 Å². The predicted octanol–water partition coefficient (Wildman–Crippen LogP) is 4.96. The standard InChI is InChI=1S/C15H17BrClNO/c1-3-10-8-9-13(19-10)15(18-4-2)11-6-5-7-12(16)14(11)17/h5-9,15,18H,3-4H2,1-2H3. The molecular weight excluding hydrogens is 326 g/mol. The van der Waals surface area contributed by atoms with Crippen LogP contribution in [-0.2, 0) is 6.42 Å². The Morgan fingerprint density at radius 2 is 2.05 bits per heavy atom. The molecule has 1 atom stereocenters. The molecule has 0 aliphatic rings. The van der Waals surface area contributed by atoms with Gasteiger partial charge in [0.05, 0.1) is 11.1 Å². The molecule has 2 aromatic rings. The van der Waals surface area contributed by atoms with Gasteiger partial charge in [-0.2, -0.15) is 0 Å². The second-order valence-electron chi connectivity index (χ2n) is 4.29. The smallest absolute Gasteiger partial charge is 0.125 e. The number of benzene rings is 1. The largest absolute Gasteiger partial charge is 0.464 e. The van der Waals surface area contributed by atoms with Gasteiger partial charge >= 0.3 is 0 Å². The summed E-state index contributed by atoms with van der Waals surface area (Å²) in [5.74, 6) is 1.89. The Hall–Kier alpha value is -0.770. The van der Waals surface area contributed by atoms with Crippen molar-refractivity contribution in [2.24, 2.45) is 0 Å². The van der Waals surface area contributed by atoms with Crippen molar-refractivity contribution in [3.05, 3.63) is 56.9 Å². The van der Waals surface area contributed by atoms with Gasteiger partial charge in [0.1, 0.15) is 11.5 Å². The van der Waals surface area contributed by atoms with Gasteiger partial charge in [-0.15, -0.1) is 0 Å². The van der Waals surface area contributed by atoms with Gasteiger partial charge in [-0.25, -0.2) is 0 Å². The average Bonchev–Trinajstić information content (AvgIpc) is 2.88. The molecule has 19 heavy (non-hydrogen) atoms. The van der Waals surface area contributed by atoms with E-state index in [-0.39, 0.29) is 6.04 Å². The third kappa shape index (κ3) is 3.22. The summed E-state index contributed by atoms with van der Waals surface area (Å²) in [6.07, 6.45) is 0.894. The molecule has 0 aliphatic carbocycles. The third-order valence-corrected chi connectivity index (χ3v) is 4.33. The van der Waals surface area contributed by atoms with Crippen LogP contribution in [-0.4, -0.2) is 6.54 Å². The second kappa shape index (κ2) is 6.60. The van der Waals surface area contributed by atoms with E-state index in [1.807, 2.05) is 30.3 Å². The lowest BCUT2D eigenvalue weighted by Crippen LogP contribution is -2.21. The van der Waals surface area contributed by atoms with E-state index in [0.29, 0.717) is 0 Å². The minimum atomic E-state index is -0.0182. The van der Waals surface area contributed by atoms with Gasteiger partial charge in [-0.05, 0) is 46.2 Å².